The molecule has 2 N–H and O–H groups in total. The first-order chi connectivity index (χ1) is 11.1. The van der Waals surface area contributed by atoms with Gasteiger partial charge in [0.15, 0.2) is 16.6 Å². The predicted molar refractivity (Wildman–Crippen MR) is 90.5 cm³/mol. The maximum Gasteiger partial charge on any atom is 0.387 e. The molecule has 0 spiro atoms. The van der Waals surface area contributed by atoms with E-state index >= 15 is 0 Å². The van der Waals surface area contributed by atoms with Crippen LogP contribution in [0.2, 0.25) is 0 Å². The molecule has 0 aromatic heterocycles. The summed E-state index contributed by atoms with van der Waals surface area (Å²) >= 11 is 5.05. The van der Waals surface area contributed by atoms with Gasteiger partial charge in [0.1, 0.15) is 0 Å². The number of thiocarbonyl (C=S) groups is 1. The van der Waals surface area contributed by atoms with Crippen LogP contribution in [0.25, 0.3) is 0 Å². The summed E-state index contributed by atoms with van der Waals surface area (Å²) in [5, 5.41) is 7.43. The van der Waals surface area contributed by atoms with Crippen LogP contribution in [0.4, 0.5) is 8.78 Å². The van der Waals surface area contributed by atoms with Crippen molar-refractivity contribution in [2.45, 2.75) is 33.3 Å². The Morgan fingerprint density at radius 3 is 2.78 bits per heavy atom. The molecule has 128 valence electrons. The summed E-state index contributed by atoms with van der Waals surface area (Å²) in [6, 6.07) is 4.58. The molecule has 0 unspecified atom stereocenters. The lowest BCUT2D eigenvalue weighted by atomic mass is 10.2. The number of hydrogen-bond donors (Lipinski definition) is 2. The van der Waals surface area contributed by atoms with Gasteiger partial charge in [-0.2, -0.15) is 13.9 Å². The molecule has 0 heterocycles. The van der Waals surface area contributed by atoms with Crippen LogP contribution >= 0.6 is 12.2 Å². The number of hydrazone groups is 1. The zero-order valence-corrected chi connectivity index (χ0v) is 14.0. The first kappa shape index (κ1) is 19.1. The molecule has 0 aliphatic carbocycles. The molecule has 23 heavy (non-hydrogen) atoms. The Kier molecular flexibility index (Phi) is 8.89. The SMILES string of the molecule is CCCCNC(=S)N/N=C\c1ccc(OC(F)F)c(OCC)c1. The monoisotopic (exact) mass is 345 g/mol. The van der Waals surface area contributed by atoms with Crippen molar-refractivity contribution in [2.75, 3.05) is 13.2 Å². The molecule has 0 saturated carbocycles. The summed E-state index contributed by atoms with van der Waals surface area (Å²) in [7, 11) is 0. The normalized spacial score (nSPS) is 10.8. The Hall–Kier alpha value is -1.96. The molecule has 1 aromatic rings. The second-order valence-electron chi connectivity index (χ2n) is 4.50. The van der Waals surface area contributed by atoms with Crippen LogP contribution in [0.15, 0.2) is 23.3 Å². The Morgan fingerprint density at radius 1 is 1.35 bits per heavy atom. The van der Waals surface area contributed by atoms with Gasteiger partial charge in [-0.05, 0) is 49.3 Å². The number of alkyl halides is 2. The molecule has 0 bridgehead atoms. The average Bonchev–Trinajstić information content (AvgIpc) is 2.50. The van der Waals surface area contributed by atoms with Crippen LogP contribution in [-0.4, -0.2) is 31.1 Å². The summed E-state index contributed by atoms with van der Waals surface area (Å²) < 4.78 is 34.3. The van der Waals surface area contributed by atoms with Crippen molar-refractivity contribution in [1.82, 2.24) is 10.7 Å². The number of nitrogens with one attached hydrogen (secondary N) is 2. The van der Waals surface area contributed by atoms with E-state index in [1.165, 1.54) is 12.3 Å². The third kappa shape index (κ3) is 7.73. The highest BCUT2D eigenvalue weighted by Crippen LogP contribution is 2.29. The molecule has 0 fully saturated rings. The third-order valence-corrected chi connectivity index (χ3v) is 2.91. The standard InChI is InChI=1S/C15H21F2N3O2S/c1-3-5-8-18-15(23)20-19-10-11-6-7-12(22-14(16)17)13(9-11)21-4-2/h6-7,9-10,14H,3-5,8H2,1-2H3,(H2,18,20,23)/b19-10-. The minimum absolute atomic E-state index is 0.0105. The minimum atomic E-state index is -2.90. The lowest BCUT2D eigenvalue weighted by molar-refractivity contribution is -0.0514. The predicted octanol–water partition coefficient (Wildman–Crippen LogP) is 3.28. The van der Waals surface area contributed by atoms with E-state index in [2.05, 4.69) is 27.5 Å². The van der Waals surface area contributed by atoms with Gasteiger partial charge < -0.3 is 14.8 Å². The fourth-order valence-electron chi connectivity index (χ4n) is 1.65. The Bertz CT molecular complexity index is 527. The van der Waals surface area contributed by atoms with Gasteiger partial charge in [-0.25, -0.2) is 0 Å². The van der Waals surface area contributed by atoms with Crippen molar-refractivity contribution in [3.8, 4) is 11.5 Å². The van der Waals surface area contributed by atoms with E-state index < -0.39 is 6.61 Å². The van der Waals surface area contributed by atoms with Gasteiger partial charge in [-0.1, -0.05) is 13.3 Å². The second-order valence-corrected chi connectivity index (χ2v) is 4.91. The number of halogens is 2. The van der Waals surface area contributed by atoms with Gasteiger partial charge in [-0.15, -0.1) is 0 Å². The summed E-state index contributed by atoms with van der Waals surface area (Å²) in [6.07, 6.45) is 3.61. The summed E-state index contributed by atoms with van der Waals surface area (Å²) in [4.78, 5) is 0. The van der Waals surface area contributed by atoms with E-state index in [1.807, 2.05) is 0 Å². The Balaban J connectivity index is 2.64. The molecule has 1 aromatic carbocycles. The van der Waals surface area contributed by atoms with E-state index in [4.69, 9.17) is 17.0 Å². The summed E-state index contributed by atoms with van der Waals surface area (Å²) in [5.41, 5.74) is 3.35. The van der Waals surface area contributed by atoms with Crippen LogP contribution < -0.4 is 20.2 Å². The van der Waals surface area contributed by atoms with E-state index in [9.17, 15) is 8.78 Å². The quantitative estimate of drug-likeness (QED) is 0.311. The summed E-state index contributed by atoms with van der Waals surface area (Å²) in [6.45, 7) is 2.07. The first-order valence-corrected chi connectivity index (χ1v) is 7.76. The fourth-order valence-corrected chi connectivity index (χ4v) is 1.81. The lowest BCUT2D eigenvalue weighted by Crippen LogP contribution is -2.32. The zero-order valence-electron chi connectivity index (χ0n) is 13.1. The van der Waals surface area contributed by atoms with Crippen molar-refractivity contribution in [3.63, 3.8) is 0 Å². The van der Waals surface area contributed by atoms with Crippen molar-refractivity contribution in [3.05, 3.63) is 23.8 Å². The number of nitrogens with zero attached hydrogens (tertiary/aromatic N) is 1. The van der Waals surface area contributed by atoms with Gasteiger partial charge in [0.2, 0.25) is 0 Å². The van der Waals surface area contributed by atoms with Crippen LogP contribution in [0.1, 0.15) is 32.3 Å². The molecule has 0 radical (unpaired) electrons. The average molecular weight is 345 g/mol. The topological polar surface area (TPSA) is 54.9 Å². The molecule has 8 heteroatoms. The van der Waals surface area contributed by atoms with Crippen LogP contribution in [-0.2, 0) is 0 Å². The molecule has 0 aliphatic rings. The smallest absolute Gasteiger partial charge is 0.387 e. The van der Waals surface area contributed by atoms with Gasteiger partial charge in [0, 0.05) is 6.54 Å². The molecular formula is C15H21F2N3O2S. The van der Waals surface area contributed by atoms with Crippen LogP contribution in [0.5, 0.6) is 11.5 Å². The Labute approximate surface area is 140 Å². The van der Waals surface area contributed by atoms with Crippen LogP contribution in [0.3, 0.4) is 0 Å². The molecule has 1 rings (SSSR count). The summed E-state index contributed by atoms with van der Waals surface area (Å²) in [5.74, 6) is 0.226. The zero-order chi connectivity index (χ0) is 17.1. The van der Waals surface area contributed by atoms with Gasteiger partial charge >= 0.3 is 6.61 Å². The van der Waals surface area contributed by atoms with Crippen molar-refractivity contribution in [2.24, 2.45) is 5.10 Å². The molecule has 5 nitrogen and oxygen atoms in total. The second kappa shape index (κ2) is 10.7. The van der Waals surface area contributed by atoms with Crippen LogP contribution in [0, 0.1) is 0 Å². The highest BCUT2D eigenvalue weighted by atomic mass is 32.1. The Morgan fingerprint density at radius 2 is 2.13 bits per heavy atom. The number of rotatable bonds is 9. The third-order valence-electron chi connectivity index (χ3n) is 2.68. The highest BCUT2D eigenvalue weighted by molar-refractivity contribution is 7.80. The van der Waals surface area contributed by atoms with E-state index in [0.29, 0.717) is 17.3 Å². The first-order valence-electron chi connectivity index (χ1n) is 7.35. The van der Waals surface area contributed by atoms with Crippen molar-refractivity contribution >= 4 is 23.5 Å². The fraction of sp³-hybridized carbons (Fsp3) is 0.467. The largest absolute Gasteiger partial charge is 0.490 e. The number of hydrogen-bond acceptors (Lipinski definition) is 4. The molecule has 0 amide bonds. The van der Waals surface area contributed by atoms with Crippen molar-refractivity contribution in [1.29, 1.82) is 0 Å². The van der Waals surface area contributed by atoms with Gasteiger partial charge in [0.05, 0.1) is 12.8 Å². The maximum atomic E-state index is 12.3. The number of unbranched alkanes of at least 4 members (excludes halogenated alkanes) is 1. The highest BCUT2D eigenvalue weighted by Gasteiger charge is 2.11. The van der Waals surface area contributed by atoms with Gasteiger partial charge in [0.25, 0.3) is 0 Å². The van der Waals surface area contributed by atoms with E-state index in [-0.39, 0.29) is 11.5 Å². The van der Waals surface area contributed by atoms with E-state index in [0.717, 1.165) is 19.4 Å². The molecule has 0 aliphatic heterocycles. The number of benzene rings is 1. The maximum absolute atomic E-state index is 12.3. The molecular weight excluding hydrogens is 324 g/mol. The number of ether oxygens (including phenoxy) is 2. The van der Waals surface area contributed by atoms with E-state index in [1.54, 1.807) is 19.1 Å². The minimum Gasteiger partial charge on any atom is -0.490 e. The molecule has 0 saturated heterocycles. The van der Waals surface area contributed by atoms with Crippen molar-refractivity contribution < 1.29 is 18.3 Å². The molecule has 0 atom stereocenters. The lowest BCUT2D eigenvalue weighted by Gasteiger charge is -2.11. The van der Waals surface area contributed by atoms with Gasteiger partial charge in [-0.3, -0.25) is 5.43 Å².